The molecule has 0 aromatic carbocycles. The van der Waals surface area contributed by atoms with E-state index in [1.807, 2.05) is 6.26 Å². The highest BCUT2D eigenvalue weighted by atomic mass is 32.2. The monoisotopic (exact) mass is 251 g/mol. The summed E-state index contributed by atoms with van der Waals surface area (Å²) in [6.07, 6.45) is 8.18. The van der Waals surface area contributed by atoms with Gasteiger partial charge in [0.1, 0.15) is 5.76 Å². The average molecular weight is 251 g/mol. The minimum absolute atomic E-state index is 0.531. The van der Waals surface area contributed by atoms with Gasteiger partial charge >= 0.3 is 0 Å². The number of nitrogens with one attached hydrogen (secondary N) is 1. The summed E-state index contributed by atoms with van der Waals surface area (Å²) in [6, 6.07) is 3.37. The maximum atomic E-state index is 5.56. The molecule has 2 heterocycles. The predicted molar refractivity (Wildman–Crippen MR) is 72.5 cm³/mol. The minimum Gasteiger partial charge on any atom is -0.469 e. The zero-order valence-corrected chi connectivity index (χ0v) is 11.3. The molecular formula is C14H21NOS. The van der Waals surface area contributed by atoms with E-state index in [-0.39, 0.29) is 0 Å². The molecule has 1 aromatic heterocycles. The van der Waals surface area contributed by atoms with E-state index in [1.54, 1.807) is 0 Å². The van der Waals surface area contributed by atoms with Gasteiger partial charge in [-0.05, 0) is 37.5 Å². The average Bonchev–Trinajstić information content (AvgIpc) is 2.81. The van der Waals surface area contributed by atoms with Crippen LogP contribution in [0.3, 0.4) is 0 Å². The Kier molecular flexibility index (Phi) is 3.48. The van der Waals surface area contributed by atoms with Gasteiger partial charge in [0.15, 0.2) is 0 Å². The van der Waals surface area contributed by atoms with Crippen LogP contribution in [0.15, 0.2) is 16.7 Å². The van der Waals surface area contributed by atoms with Gasteiger partial charge in [0, 0.05) is 29.3 Å². The van der Waals surface area contributed by atoms with Crippen molar-refractivity contribution in [1.29, 1.82) is 0 Å². The molecule has 3 unspecified atom stereocenters. The largest absolute Gasteiger partial charge is 0.469 e. The van der Waals surface area contributed by atoms with E-state index in [1.165, 1.54) is 42.8 Å². The Bertz CT molecular complexity index is 376. The normalized spacial score (nSPS) is 33.4. The second-order valence-corrected chi connectivity index (χ2v) is 6.72. The lowest BCUT2D eigenvalue weighted by Gasteiger charge is -2.34. The molecule has 3 heteroatoms. The van der Waals surface area contributed by atoms with Gasteiger partial charge in [-0.1, -0.05) is 6.92 Å². The number of rotatable bonds is 2. The van der Waals surface area contributed by atoms with Gasteiger partial charge in [-0.25, -0.2) is 0 Å². The smallest absolute Gasteiger partial charge is 0.108 e. The molecule has 1 aliphatic heterocycles. The van der Waals surface area contributed by atoms with Crippen LogP contribution < -0.4 is 5.32 Å². The maximum Gasteiger partial charge on any atom is 0.108 e. The SMILES string of the molecule is CC1SCCCC1NC1CCCc2occc21. The van der Waals surface area contributed by atoms with Crippen molar-refractivity contribution in [3.8, 4) is 0 Å². The zero-order valence-electron chi connectivity index (χ0n) is 10.4. The summed E-state index contributed by atoms with van der Waals surface area (Å²) in [5.74, 6) is 2.55. The molecule has 17 heavy (non-hydrogen) atoms. The van der Waals surface area contributed by atoms with Crippen molar-refractivity contribution in [2.24, 2.45) is 0 Å². The molecule has 0 bridgehead atoms. The second-order valence-electron chi connectivity index (χ2n) is 5.24. The van der Waals surface area contributed by atoms with Gasteiger partial charge in [-0.2, -0.15) is 11.8 Å². The van der Waals surface area contributed by atoms with Gasteiger partial charge in [0.25, 0.3) is 0 Å². The van der Waals surface area contributed by atoms with Crippen LogP contribution in [0.2, 0.25) is 0 Å². The summed E-state index contributed by atoms with van der Waals surface area (Å²) in [6.45, 7) is 2.36. The first kappa shape index (κ1) is 11.7. The Morgan fingerprint density at radius 1 is 1.35 bits per heavy atom. The van der Waals surface area contributed by atoms with Crippen LogP contribution in [0, 0.1) is 0 Å². The fraction of sp³-hybridized carbons (Fsp3) is 0.714. The van der Waals surface area contributed by atoms with Crippen molar-refractivity contribution in [2.75, 3.05) is 5.75 Å². The number of fused-ring (bicyclic) bond motifs is 1. The molecule has 1 aliphatic carbocycles. The first-order valence-corrected chi connectivity index (χ1v) is 7.83. The van der Waals surface area contributed by atoms with Crippen molar-refractivity contribution in [2.45, 2.75) is 56.4 Å². The molecule has 3 rings (SSSR count). The van der Waals surface area contributed by atoms with Crippen molar-refractivity contribution < 1.29 is 4.42 Å². The van der Waals surface area contributed by atoms with Gasteiger partial charge in [0.05, 0.1) is 6.26 Å². The summed E-state index contributed by atoms with van der Waals surface area (Å²) < 4.78 is 5.56. The number of aryl methyl sites for hydroxylation is 1. The summed E-state index contributed by atoms with van der Waals surface area (Å²) in [5, 5.41) is 4.62. The number of furan rings is 1. The Hall–Kier alpha value is -0.410. The Balaban J connectivity index is 1.70. The van der Waals surface area contributed by atoms with Gasteiger partial charge in [0.2, 0.25) is 0 Å². The lowest BCUT2D eigenvalue weighted by Crippen LogP contribution is -2.42. The molecule has 1 fully saturated rings. The van der Waals surface area contributed by atoms with Gasteiger partial charge in [-0.3, -0.25) is 0 Å². The summed E-state index contributed by atoms with van der Waals surface area (Å²) in [4.78, 5) is 0. The van der Waals surface area contributed by atoms with Crippen molar-refractivity contribution in [3.05, 3.63) is 23.7 Å². The minimum atomic E-state index is 0.531. The van der Waals surface area contributed by atoms with E-state index >= 15 is 0 Å². The molecule has 1 saturated heterocycles. The highest BCUT2D eigenvalue weighted by molar-refractivity contribution is 7.99. The Morgan fingerprint density at radius 2 is 2.29 bits per heavy atom. The summed E-state index contributed by atoms with van der Waals surface area (Å²) >= 11 is 2.11. The van der Waals surface area contributed by atoms with E-state index in [2.05, 4.69) is 30.1 Å². The number of hydrogen-bond acceptors (Lipinski definition) is 3. The highest BCUT2D eigenvalue weighted by Gasteiger charge is 2.28. The molecule has 3 atom stereocenters. The quantitative estimate of drug-likeness (QED) is 0.870. The lowest BCUT2D eigenvalue weighted by molar-refractivity contribution is 0.355. The van der Waals surface area contributed by atoms with E-state index in [0.29, 0.717) is 12.1 Å². The molecular weight excluding hydrogens is 230 g/mol. The molecule has 1 aromatic rings. The van der Waals surface area contributed by atoms with E-state index < -0.39 is 0 Å². The first-order chi connectivity index (χ1) is 8.34. The predicted octanol–water partition coefficient (Wildman–Crippen LogP) is 3.53. The first-order valence-electron chi connectivity index (χ1n) is 6.78. The van der Waals surface area contributed by atoms with Crippen LogP contribution in [0.4, 0.5) is 0 Å². The van der Waals surface area contributed by atoms with Crippen LogP contribution in [0.5, 0.6) is 0 Å². The van der Waals surface area contributed by atoms with Crippen molar-refractivity contribution in [3.63, 3.8) is 0 Å². The molecule has 0 radical (unpaired) electrons. The fourth-order valence-electron chi connectivity index (χ4n) is 3.06. The van der Waals surface area contributed by atoms with Crippen LogP contribution >= 0.6 is 11.8 Å². The lowest BCUT2D eigenvalue weighted by atomic mass is 9.92. The Labute approximate surface area is 108 Å². The summed E-state index contributed by atoms with van der Waals surface area (Å²) in [5.41, 5.74) is 1.42. The number of hydrogen-bond donors (Lipinski definition) is 1. The molecule has 2 nitrogen and oxygen atoms in total. The van der Waals surface area contributed by atoms with Crippen LogP contribution in [0.1, 0.15) is 50.0 Å². The third-order valence-corrected chi connectivity index (χ3v) is 5.45. The van der Waals surface area contributed by atoms with Crippen LogP contribution in [-0.4, -0.2) is 17.0 Å². The molecule has 0 spiro atoms. The number of thioether (sulfide) groups is 1. The third-order valence-electron chi connectivity index (χ3n) is 4.07. The van der Waals surface area contributed by atoms with E-state index in [4.69, 9.17) is 4.42 Å². The second kappa shape index (κ2) is 5.07. The van der Waals surface area contributed by atoms with E-state index in [0.717, 1.165) is 11.7 Å². The maximum absolute atomic E-state index is 5.56. The van der Waals surface area contributed by atoms with Crippen molar-refractivity contribution >= 4 is 11.8 Å². The Morgan fingerprint density at radius 3 is 3.18 bits per heavy atom. The molecule has 0 saturated carbocycles. The molecule has 2 aliphatic rings. The van der Waals surface area contributed by atoms with Gasteiger partial charge < -0.3 is 9.73 Å². The van der Waals surface area contributed by atoms with Crippen LogP contribution in [-0.2, 0) is 6.42 Å². The van der Waals surface area contributed by atoms with Gasteiger partial charge in [-0.15, -0.1) is 0 Å². The molecule has 1 N–H and O–H groups in total. The van der Waals surface area contributed by atoms with Crippen molar-refractivity contribution in [1.82, 2.24) is 5.32 Å². The topological polar surface area (TPSA) is 25.2 Å². The standard InChI is InChI=1S/C14H21NOS/c1-10-12(5-3-9-17-10)15-13-4-2-6-14-11(13)7-8-16-14/h7-8,10,12-13,15H,2-6,9H2,1H3. The highest BCUT2D eigenvalue weighted by Crippen LogP contribution is 2.33. The fourth-order valence-corrected chi connectivity index (χ4v) is 4.21. The molecule has 0 amide bonds. The van der Waals surface area contributed by atoms with Crippen LogP contribution in [0.25, 0.3) is 0 Å². The third kappa shape index (κ3) is 2.41. The zero-order chi connectivity index (χ0) is 11.7. The van der Waals surface area contributed by atoms with E-state index in [9.17, 15) is 0 Å². The molecule has 94 valence electrons. The summed E-state index contributed by atoms with van der Waals surface area (Å²) in [7, 11) is 0.